The summed E-state index contributed by atoms with van der Waals surface area (Å²) in [5.41, 5.74) is 2.10. The highest BCUT2D eigenvalue weighted by Crippen LogP contribution is 2.34. The lowest BCUT2D eigenvalue weighted by atomic mass is 9.88. The first-order chi connectivity index (χ1) is 13.7. The van der Waals surface area contributed by atoms with E-state index in [9.17, 15) is 4.79 Å². The van der Waals surface area contributed by atoms with E-state index >= 15 is 0 Å². The van der Waals surface area contributed by atoms with Crippen molar-refractivity contribution >= 4 is 5.91 Å². The molecule has 0 aromatic heterocycles. The van der Waals surface area contributed by atoms with Crippen molar-refractivity contribution in [2.24, 2.45) is 5.92 Å². The Labute approximate surface area is 168 Å². The zero-order valence-electron chi connectivity index (χ0n) is 16.7. The molecule has 0 aliphatic carbocycles. The number of carbonyl (C=O) groups excluding carboxylic acids is 1. The number of benzene rings is 2. The lowest BCUT2D eigenvalue weighted by Crippen LogP contribution is -2.36. The summed E-state index contributed by atoms with van der Waals surface area (Å²) in [5, 5.41) is 0. The summed E-state index contributed by atoms with van der Waals surface area (Å²) in [6, 6.07) is 18.2. The number of hydrogen-bond acceptors (Lipinski definition) is 3. The fourth-order valence-corrected chi connectivity index (χ4v) is 4.69. The van der Waals surface area contributed by atoms with Gasteiger partial charge in [-0.15, -0.1) is 0 Å². The minimum Gasteiger partial charge on any atom is -0.497 e. The molecule has 2 saturated heterocycles. The normalized spacial score (nSPS) is 23.0. The van der Waals surface area contributed by atoms with E-state index in [-0.39, 0.29) is 5.91 Å². The van der Waals surface area contributed by atoms with Crippen LogP contribution < -0.4 is 4.74 Å². The van der Waals surface area contributed by atoms with Gasteiger partial charge in [-0.25, -0.2) is 0 Å². The van der Waals surface area contributed by atoms with Crippen LogP contribution in [0.15, 0.2) is 54.6 Å². The number of piperidine rings is 1. The number of nitrogens with zero attached hydrogens (tertiary/aromatic N) is 2. The molecule has 148 valence electrons. The fraction of sp³-hybridized carbons (Fsp3) is 0.458. The predicted octanol–water partition coefficient (Wildman–Crippen LogP) is 4.04. The van der Waals surface area contributed by atoms with Gasteiger partial charge in [0.15, 0.2) is 0 Å². The Kier molecular flexibility index (Phi) is 5.96. The Balaban J connectivity index is 1.51. The van der Waals surface area contributed by atoms with E-state index in [1.807, 2.05) is 29.2 Å². The van der Waals surface area contributed by atoms with Gasteiger partial charge in [-0.05, 0) is 61.7 Å². The van der Waals surface area contributed by atoms with Crippen molar-refractivity contribution in [3.63, 3.8) is 0 Å². The number of methoxy groups -OCH3 is 1. The Bertz CT molecular complexity index is 769. The third-order valence-electron chi connectivity index (χ3n) is 6.23. The molecule has 4 heteroatoms. The third kappa shape index (κ3) is 4.22. The van der Waals surface area contributed by atoms with Gasteiger partial charge >= 0.3 is 0 Å². The van der Waals surface area contributed by atoms with E-state index in [0.717, 1.165) is 30.9 Å². The van der Waals surface area contributed by atoms with Crippen LogP contribution in [0.1, 0.15) is 41.1 Å². The second-order valence-corrected chi connectivity index (χ2v) is 8.08. The molecule has 0 spiro atoms. The van der Waals surface area contributed by atoms with E-state index in [0.29, 0.717) is 11.8 Å². The van der Waals surface area contributed by atoms with E-state index in [1.165, 1.54) is 37.9 Å². The standard InChI is InChI=1S/C24H30N2O2/c1-28-22-12-10-20(11-13-22)24(27)26-17-21(16-25-14-6-3-7-15-25)23(18-26)19-8-4-2-5-9-19/h2,4-5,8-13,21,23H,3,6-7,14-18H2,1H3/t21-,23-/m0/s1. The zero-order valence-corrected chi connectivity index (χ0v) is 16.7. The Morgan fingerprint density at radius 2 is 1.68 bits per heavy atom. The molecule has 0 N–H and O–H groups in total. The van der Waals surface area contributed by atoms with Crippen LogP contribution in [0.25, 0.3) is 0 Å². The van der Waals surface area contributed by atoms with E-state index in [2.05, 4.69) is 35.2 Å². The summed E-state index contributed by atoms with van der Waals surface area (Å²) < 4.78 is 5.22. The fourth-order valence-electron chi connectivity index (χ4n) is 4.69. The van der Waals surface area contributed by atoms with E-state index in [1.54, 1.807) is 7.11 Å². The van der Waals surface area contributed by atoms with E-state index < -0.39 is 0 Å². The van der Waals surface area contributed by atoms with Crippen molar-refractivity contribution in [2.75, 3.05) is 39.8 Å². The van der Waals surface area contributed by atoms with Crippen molar-refractivity contribution in [1.29, 1.82) is 0 Å². The molecular formula is C24H30N2O2. The maximum Gasteiger partial charge on any atom is 0.253 e. The predicted molar refractivity (Wildman–Crippen MR) is 112 cm³/mol. The first kappa shape index (κ1) is 19.0. The summed E-state index contributed by atoms with van der Waals surface area (Å²) >= 11 is 0. The molecule has 0 radical (unpaired) electrons. The van der Waals surface area contributed by atoms with Crippen LogP contribution >= 0.6 is 0 Å². The Hall–Kier alpha value is -2.33. The van der Waals surface area contributed by atoms with Crippen molar-refractivity contribution < 1.29 is 9.53 Å². The van der Waals surface area contributed by atoms with Gasteiger partial charge in [0, 0.05) is 31.1 Å². The van der Waals surface area contributed by atoms with E-state index in [4.69, 9.17) is 4.74 Å². The number of carbonyl (C=O) groups is 1. The minimum atomic E-state index is 0.129. The van der Waals surface area contributed by atoms with Crippen LogP contribution in [-0.4, -0.2) is 55.5 Å². The lowest BCUT2D eigenvalue weighted by Gasteiger charge is -2.31. The highest BCUT2D eigenvalue weighted by atomic mass is 16.5. The highest BCUT2D eigenvalue weighted by Gasteiger charge is 2.37. The second kappa shape index (κ2) is 8.78. The summed E-state index contributed by atoms with van der Waals surface area (Å²) in [6.07, 6.45) is 3.96. The van der Waals surface area contributed by atoms with Crippen LogP contribution in [0.5, 0.6) is 5.75 Å². The van der Waals surface area contributed by atoms with Gasteiger partial charge in [-0.2, -0.15) is 0 Å². The zero-order chi connectivity index (χ0) is 19.3. The van der Waals surface area contributed by atoms with Crippen LogP contribution in [0, 0.1) is 5.92 Å². The molecule has 2 aliphatic rings. The van der Waals surface area contributed by atoms with Crippen molar-refractivity contribution in [3.05, 3.63) is 65.7 Å². The number of hydrogen-bond donors (Lipinski definition) is 0. The molecule has 0 unspecified atom stereocenters. The number of rotatable bonds is 5. The molecule has 0 saturated carbocycles. The maximum absolute atomic E-state index is 13.1. The quantitative estimate of drug-likeness (QED) is 0.787. The van der Waals surface area contributed by atoms with Gasteiger partial charge in [-0.3, -0.25) is 4.79 Å². The first-order valence-electron chi connectivity index (χ1n) is 10.5. The molecule has 2 fully saturated rings. The molecule has 2 atom stereocenters. The molecule has 2 aliphatic heterocycles. The molecule has 2 heterocycles. The molecule has 4 nitrogen and oxygen atoms in total. The smallest absolute Gasteiger partial charge is 0.253 e. The van der Waals surface area contributed by atoms with Crippen LogP contribution in [0.4, 0.5) is 0 Å². The van der Waals surface area contributed by atoms with Crippen LogP contribution in [0.3, 0.4) is 0 Å². The monoisotopic (exact) mass is 378 g/mol. The summed E-state index contributed by atoms with van der Waals surface area (Å²) in [5.74, 6) is 1.81. The Morgan fingerprint density at radius 3 is 2.36 bits per heavy atom. The largest absolute Gasteiger partial charge is 0.497 e. The van der Waals surface area contributed by atoms with Crippen molar-refractivity contribution in [2.45, 2.75) is 25.2 Å². The molecule has 28 heavy (non-hydrogen) atoms. The van der Waals surface area contributed by atoms with Crippen LogP contribution in [-0.2, 0) is 0 Å². The van der Waals surface area contributed by atoms with Gasteiger partial charge in [0.2, 0.25) is 0 Å². The molecular weight excluding hydrogens is 348 g/mol. The van der Waals surface area contributed by atoms with Gasteiger partial charge in [0.05, 0.1) is 7.11 Å². The number of amides is 1. The SMILES string of the molecule is COc1ccc(C(=O)N2C[C@H](CN3CCCCC3)[C@H](c3ccccc3)C2)cc1. The molecule has 2 aromatic rings. The van der Waals surface area contributed by atoms with Gasteiger partial charge in [0.25, 0.3) is 5.91 Å². The van der Waals surface area contributed by atoms with Crippen LogP contribution in [0.2, 0.25) is 0 Å². The molecule has 0 bridgehead atoms. The number of likely N-dealkylation sites (tertiary alicyclic amines) is 2. The number of ether oxygens (including phenoxy) is 1. The average molecular weight is 379 g/mol. The minimum absolute atomic E-state index is 0.129. The van der Waals surface area contributed by atoms with Gasteiger partial charge in [0.1, 0.15) is 5.75 Å². The summed E-state index contributed by atoms with van der Waals surface area (Å²) in [7, 11) is 1.65. The second-order valence-electron chi connectivity index (χ2n) is 8.08. The molecule has 4 rings (SSSR count). The molecule has 2 aromatic carbocycles. The lowest BCUT2D eigenvalue weighted by molar-refractivity contribution is 0.0781. The summed E-state index contributed by atoms with van der Waals surface area (Å²) in [4.78, 5) is 17.8. The summed E-state index contributed by atoms with van der Waals surface area (Å²) in [6.45, 7) is 5.12. The highest BCUT2D eigenvalue weighted by molar-refractivity contribution is 5.94. The third-order valence-corrected chi connectivity index (χ3v) is 6.23. The van der Waals surface area contributed by atoms with Crippen molar-refractivity contribution in [3.8, 4) is 5.75 Å². The Morgan fingerprint density at radius 1 is 0.964 bits per heavy atom. The topological polar surface area (TPSA) is 32.8 Å². The van der Waals surface area contributed by atoms with Gasteiger partial charge < -0.3 is 14.5 Å². The van der Waals surface area contributed by atoms with Crippen molar-refractivity contribution in [1.82, 2.24) is 9.80 Å². The van der Waals surface area contributed by atoms with Gasteiger partial charge in [-0.1, -0.05) is 36.8 Å². The average Bonchev–Trinajstić information content (AvgIpc) is 3.18. The maximum atomic E-state index is 13.1. The molecule has 1 amide bonds. The first-order valence-corrected chi connectivity index (χ1v) is 10.5.